The number of pyridine rings is 1. The number of nitrogens with one attached hydrogen (secondary N) is 1. The van der Waals surface area contributed by atoms with Crippen molar-refractivity contribution in [1.29, 1.82) is 0 Å². The summed E-state index contributed by atoms with van der Waals surface area (Å²) in [6, 6.07) is 10.9. The van der Waals surface area contributed by atoms with Gasteiger partial charge in [-0.05, 0) is 48.9 Å². The number of aromatic nitrogens is 4. The van der Waals surface area contributed by atoms with Gasteiger partial charge < -0.3 is 14.5 Å². The van der Waals surface area contributed by atoms with E-state index in [1.165, 1.54) is 0 Å². The molecule has 4 rings (SSSR count). The second kappa shape index (κ2) is 6.64. The quantitative estimate of drug-likeness (QED) is 0.612. The van der Waals surface area contributed by atoms with Gasteiger partial charge in [0.05, 0.1) is 5.56 Å². The van der Waals surface area contributed by atoms with Gasteiger partial charge in [0.1, 0.15) is 11.4 Å². The SMILES string of the molecule is Cc1cc(Oc2ncccn2)ccc1NC(=O)c1ccc2nccn2c1. The number of ether oxygens (including phenoxy) is 1. The number of hydrogen-bond acceptors (Lipinski definition) is 5. The highest BCUT2D eigenvalue weighted by Gasteiger charge is 2.10. The van der Waals surface area contributed by atoms with Gasteiger partial charge in [-0.25, -0.2) is 15.0 Å². The van der Waals surface area contributed by atoms with Gasteiger partial charge in [-0.2, -0.15) is 0 Å². The van der Waals surface area contributed by atoms with Crippen LogP contribution in [0.2, 0.25) is 0 Å². The average Bonchev–Trinajstić information content (AvgIpc) is 3.12. The van der Waals surface area contributed by atoms with E-state index in [-0.39, 0.29) is 11.9 Å². The Morgan fingerprint density at radius 3 is 2.73 bits per heavy atom. The molecule has 0 unspecified atom stereocenters. The van der Waals surface area contributed by atoms with E-state index in [2.05, 4.69) is 20.3 Å². The van der Waals surface area contributed by atoms with E-state index in [9.17, 15) is 4.79 Å². The lowest BCUT2D eigenvalue weighted by Crippen LogP contribution is -2.13. The maximum Gasteiger partial charge on any atom is 0.321 e. The van der Waals surface area contributed by atoms with Crippen molar-refractivity contribution in [3.05, 3.63) is 78.5 Å². The van der Waals surface area contributed by atoms with Gasteiger partial charge in [-0.15, -0.1) is 0 Å². The first-order valence-corrected chi connectivity index (χ1v) is 7.99. The van der Waals surface area contributed by atoms with Gasteiger partial charge in [0.15, 0.2) is 0 Å². The fourth-order valence-corrected chi connectivity index (χ4v) is 2.53. The molecule has 7 heteroatoms. The number of hydrogen-bond donors (Lipinski definition) is 1. The van der Waals surface area contributed by atoms with E-state index in [1.54, 1.807) is 65.7 Å². The van der Waals surface area contributed by atoms with Crippen molar-refractivity contribution in [2.45, 2.75) is 6.92 Å². The molecule has 0 aliphatic rings. The molecule has 3 heterocycles. The highest BCUT2D eigenvalue weighted by Crippen LogP contribution is 2.24. The molecule has 1 amide bonds. The summed E-state index contributed by atoms with van der Waals surface area (Å²) in [7, 11) is 0. The highest BCUT2D eigenvalue weighted by molar-refractivity contribution is 6.04. The molecule has 7 nitrogen and oxygen atoms in total. The Morgan fingerprint density at radius 2 is 1.92 bits per heavy atom. The fraction of sp³-hybridized carbons (Fsp3) is 0.0526. The average molecular weight is 345 g/mol. The zero-order valence-electron chi connectivity index (χ0n) is 14.0. The number of nitrogens with zero attached hydrogens (tertiary/aromatic N) is 4. The lowest BCUT2D eigenvalue weighted by molar-refractivity contribution is 0.102. The van der Waals surface area contributed by atoms with Crippen LogP contribution in [0.1, 0.15) is 15.9 Å². The molecule has 3 aromatic heterocycles. The Bertz CT molecular complexity index is 1080. The van der Waals surface area contributed by atoms with Crippen LogP contribution in [0.25, 0.3) is 5.65 Å². The Kier molecular flexibility index (Phi) is 4.03. The number of anilines is 1. The Balaban J connectivity index is 1.51. The first-order chi connectivity index (χ1) is 12.7. The second-order valence-electron chi connectivity index (χ2n) is 5.67. The highest BCUT2D eigenvalue weighted by atomic mass is 16.5. The molecule has 0 fully saturated rings. The van der Waals surface area contributed by atoms with Crippen molar-refractivity contribution in [2.24, 2.45) is 0 Å². The van der Waals surface area contributed by atoms with Crippen molar-refractivity contribution in [3.8, 4) is 11.8 Å². The number of rotatable bonds is 4. The summed E-state index contributed by atoms with van der Waals surface area (Å²) in [5.74, 6) is 0.412. The van der Waals surface area contributed by atoms with E-state index in [0.717, 1.165) is 11.2 Å². The minimum atomic E-state index is -0.191. The summed E-state index contributed by atoms with van der Waals surface area (Å²) in [5, 5.41) is 2.91. The normalized spacial score (nSPS) is 10.7. The third-order valence-corrected chi connectivity index (χ3v) is 3.85. The molecular weight excluding hydrogens is 330 g/mol. The molecule has 1 aromatic carbocycles. The van der Waals surface area contributed by atoms with Gasteiger partial charge in [0.25, 0.3) is 5.91 Å². The number of aryl methyl sites for hydroxylation is 1. The summed E-state index contributed by atoms with van der Waals surface area (Å²) in [6.07, 6.45) is 8.46. The number of imidazole rings is 1. The topological polar surface area (TPSA) is 81.4 Å². The van der Waals surface area contributed by atoms with Crippen LogP contribution in [0, 0.1) is 6.92 Å². The molecular formula is C19H15N5O2. The van der Waals surface area contributed by atoms with Crippen molar-refractivity contribution in [3.63, 3.8) is 0 Å². The number of fused-ring (bicyclic) bond motifs is 1. The Labute approximate surface area is 149 Å². The minimum Gasteiger partial charge on any atom is -0.424 e. The fourth-order valence-electron chi connectivity index (χ4n) is 2.53. The molecule has 4 aromatic rings. The van der Waals surface area contributed by atoms with Gasteiger partial charge >= 0.3 is 6.01 Å². The van der Waals surface area contributed by atoms with Gasteiger partial charge in [-0.3, -0.25) is 4.79 Å². The minimum absolute atomic E-state index is 0.191. The predicted molar refractivity (Wildman–Crippen MR) is 96.4 cm³/mol. The van der Waals surface area contributed by atoms with Crippen LogP contribution in [-0.2, 0) is 0 Å². The molecule has 0 saturated heterocycles. The second-order valence-corrected chi connectivity index (χ2v) is 5.67. The largest absolute Gasteiger partial charge is 0.424 e. The first kappa shape index (κ1) is 15.8. The van der Waals surface area contributed by atoms with E-state index in [4.69, 9.17) is 4.74 Å². The van der Waals surface area contributed by atoms with E-state index >= 15 is 0 Å². The number of amides is 1. The Hall–Kier alpha value is -3.74. The summed E-state index contributed by atoms with van der Waals surface area (Å²) in [6.45, 7) is 1.90. The van der Waals surface area contributed by atoms with Crippen LogP contribution in [0.3, 0.4) is 0 Å². The molecule has 0 spiro atoms. The molecule has 1 N–H and O–H groups in total. The lowest BCUT2D eigenvalue weighted by Gasteiger charge is -2.11. The smallest absolute Gasteiger partial charge is 0.321 e. The van der Waals surface area contributed by atoms with Gasteiger partial charge in [0.2, 0.25) is 0 Å². The zero-order valence-corrected chi connectivity index (χ0v) is 14.0. The van der Waals surface area contributed by atoms with Crippen LogP contribution in [0.5, 0.6) is 11.8 Å². The van der Waals surface area contributed by atoms with Crippen molar-refractivity contribution >= 4 is 17.2 Å². The molecule has 0 atom stereocenters. The van der Waals surface area contributed by atoms with Gasteiger partial charge in [0, 0.05) is 36.7 Å². The van der Waals surface area contributed by atoms with Crippen LogP contribution in [0.15, 0.2) is 67.4 Å². The third-order valence-electron chi connectivity index (χ3n) is 3.85. The van der Waals surface area contributed by atoms with Crippen LogP contribution in [-0.4, -0.2) is 25.3 Å². The van der Waals surface area contributed by atoms with E-state index in [1.807, 2.05) is 13.0 Å². The zero-order chi connectivity index (χ0) is 17.9. The lowest BCUT2D eigenvalue weighted by atomic mass is 10.1. The summed E-state index contributed by atoms with van der Waals surface area (Å²) < 4.78 is 7.40. The molecule has 0 radical (unpaired) electrons. The number of carbonyl (C=O) groups excluding carboxylic acids is 1. The molecule has 0 bridgehead atoms. The van der Waals surface area contributed by atoms with Gasteiger partial charge in [-0.1, -0.05) is 0 Å². The Morgan fingerprint density at radius 1 is 1.08 bits per heavy atom. The van der Waals surface area contributed by atoms with Crippen LogP contribution in [0.4, 0.5) is 5.69 Å². The van der Waals surface area contributed by atoms with Crippen molar-refractivity contribution in [1.82, 2.24) is 19.4 Å². The monoisotopic (exact) mass is 345 g/mol. The maximum atomic E-state index is 12.5. The molecule has 26 heavy (non-hydrogen) atoms. The third kappa shape index (κ3) is 3.23. The maximum absolute atomic E-state index is 12.5. The summed E-state index contributed by atoms with van der Waals surface area (Å²) >= 11 is 0. The summed E-state index contributed by atoms with van der Waals surface area (Å²) in [4.78, 5) is 24.7. The van der Waals surface area contributed by atoms with Crippen LogP contribution < -0.4 is 10.1 Å². The molecule has 0 aliphatic heterocycles. The van der Waals surface area contributed by atoms with E-state index in [0.29, 0.717) is 17.0 Å². The number of carbonyl (C=O) groups is 1. The standard InChI is InChI=1S/C19H15N5O2/c1-13-11-15(26-19-21-7-2-8-22-19)4-5-16(13)23-18(25)14-3-6-17-20-9-10-24(17)12-14/h2-12H,1H3,(H,23,25). The number of benzene rings is 1. The molecule has 128 valence electrons. The van der Waals surface area contributed by atoms with Crippen LogP contribution >= 0.6 is 0 Å². The molecule has 0 aliphatic carbocycles. The first-order valence-electron chi connectivity index (χ1n) is 7.99. The van der Waals surface area contributed by atoms with Crippen molar-refractivity contribution < 1.29 is 9.53 Å². The summed E-state index contributed by atoms with van der Waals surface area (Å²) in [5.41, 5.74) is 2.92. The van der Waals surface area contributed by atoms with Crippen molar-refractivity contribution in [2.75, 3.05) is 5.32 Å². The van der Waals surface area contributed by atoms with E-state index < -0.39 is 0 Å². The molecule has 0 saturated carbocycles. The predicted octanol–water partition coefficient (Wildman–Crippen LogP) is 3.48.